The Labute approximate surface area is 158 Å². The van der Waals surface area contributed by atoms with Gasteiger partial charge >= 0.3 is 0 Å². The number of para-hydroxylation sites is 1. The SMILES string of the molecule is CC(C)c1ccc(/C=N/NC(=O)CCC(=O)Nc2ccccc2Cl)cc1. The fourth-order valence-corrected chi connectivity index (χ4v) is 2.39. The van der Waals surface area contributed by atoms with E-state index in [0.29, 0.717) is 16.6 Å². The molecule has 0 heterocycles. The molecule has 0 aliphatic rings. The number of hydrogen-bond donors (Lipinski definition) is 2. The van der Waals surface area contributed by atoms with Crippen molar-refractivity contribution >= 4 is 35.3 Å². The van der Waals surface area contributed by atoms with E-state index in [-0.39, 0.29) is 24.7 Å². The summed E-state index contributed by atoms with van der Waals surface area (Å²) in [6.45, 7) is 4.26. The first kappa shape index (κ1) is 19.7. The third kappa shape index (κ3) is 6.33. The van der Waals surface area contributed by atoms with Crippen molar-refractivity contribution in [3.8, 4) is 0 Å². The van der Waals surface area contributed by atoms with Gasteiger partial charge in [-0.1, -0.05) is 61.8 Å². The van der Waals surface area contributed by atoms with Crippen molar-refractivity contribution < 1.29 is 9.59 Å². The molecule has 26 heavy (non-hydrogen) atoms. The smallest absolute Gasteiger partial charge is 0.240 e. The van der Waals surface area contributed by atoms with Gasteiger partial charge in [-0.3, -0.25) is 9.59 Å². The number of benzene rings is 2. The summed E-state index contributed by atoms with van der Waals surface area (Å²) < 4.78 is 0. The number of nitrogens with one attached hydrogen (secondary N) is 2. The molecule has 136 valence electrons. The Bertz CT molecular complexity index is 786. The van der Waals surface area contributed by atoms with E-state index in [1.165, 1.54) is 5.56 Å². The molecule has 0 radical (unpaired) electrons. The maximum atomic E-state index is 11.9. The van der Waals surface area contributed by atoms with Crippen LogP contribution in [0.5, 0.6) is 0 Å². The molecule has 0 saturated carbocycles. The van der Waals surface area contributed by atoms with Crippen LogP contribution in [-0.2, 0) is 9.59 Å². The third-order valence-electron chi connectivity index (χ3n) is 3.73. The molecule has 0 atom stereocenters. The minimum absolute atomic E-state index is 0.0416. The van der Waals surface area contributed by atoms with Crippen LogP contribution < -0.4 is 10.7 Å². The molecule has 0 spiro atoms. The lowest BCUT2D eigenvalue weighted by atomic mass is 10.0. The summed E-state index contributed by atoms with van der Waals surface area (Å²) >= 11 is 5.97. The van der Waals surface area contributed by atoms with Crippen LogP contribution in [0.15, 0.2) is 53.6 Å². The summed E-state index contributed by atoms with van der Waals surface area (Å²) in [5.74, 6) is -0.131. The largest absolute Gasteiger partial charge is 0.325 e. The van der Waals surface area contributed by atoms with Crippen molar-refractivity contribution in [2.45, 2.75) is 32.6 Å². The molecule has 0 unspecified atom stereocenters. The quantitative estimate of drug-likeness (QED) is 0.561. The Morgan fingerprint density at radius 1 is 1.04 bits per heavy atom. The predicted octanol–water partition coefficient (Wildman–Crippen LogP) is 4.33. The van der Waals surface area contributed by atoms with Gasteiger partial charge in [-0.05, 0) is 29.2 Å². The number of rotatable bonds is 7. The monoisotopic (exact) mass is 371 g/mol. The molecule has 0 aliphatic heterocycles. The van der Waals surface area contributed by atoms with Crippen LogP contribution in [0.25, 0.3) is 0 Å². The Hall–Kier alpha value is -2.66. The lowest BCUT2D eigenvalue weighted by Crippen LogP contribution is -2.20. The number of hydrogen-bond acceptors (Lipinski definition) is 3. The fraction of sp³-hybridized carbons (Fsp3) is 0.250. The van der Waals surface area contributed by atoms with Gasteiger partial charge in [-0.15, -0.1) is 0 Å². The molecule has 0 saturated heterocycles. The summed E-state index contributed by atoms with van der Waals surface area (Å²) in [6.07, 6.45) is 1.67. The minimum atomic E-state index is -0.325. The lowest BCUT2D eigenvalue weighted by Gasteiger charge is -2.06. The molecule has 2 amide bonds. The number of hydrazone groups is 1. The molecular formula is C20H22ClN3O2. The molecule has 5 nitrogen and oxygen atoms in total. The van der Waals surface area contributed by atoms with Crippen LogP contribution in [0, 0.1) is 0 Å². The van der Waals surface area contributed by atoms with Gasteiger partial charge in [0.05, 0.1) is 16.9 Å². The van der Waals surface area contributed by atoms with E-state index in [2.05, 4.69) is 29.7 Å². The lowest BCUT2D eigenvalue weighted by molar-refractivity contribution is -0.124. The molecule has 0 aromatic heterocycles. The number of amides is 2. The van der Waals surface area contributed by atoms with E-state index >= 15 is 0 Å². The number of anilines is 1. The highest BCUT2D eigenvalue weighted by atomic mass is 35.5. The molecule has 2 aromatic rings. The Morgan fingerprint density at radius 3 is 2.35 bits per heavy atom. The van der Waals surface area contributed by atoms with Crippen LogP contribution in [0.1, 0.15) is 43.7 Å². The fourth-order valence-electron chi connectivity index (χ4n) is 2.20. The highest BCUT2D eigenvalue weighted by Crippen LogP contribution is 2.20. The molecule has 0 fully saturated rings. The van der Waals surface area contributed by atoms with Crippen molar-refractivity contribution in [2.75, 3.05) is 5.32 Å². The van der Waals surface area contributed by atoms with Gasteiger partial charge in [0.15, 0.2) is 0 Å². The zero-order valence-corrected chi connectivity index (χ0v) is 15.6. The number of nitrogens with zero attached hydrogens (tertiary/aromatic N) is 1. The first-order chi connectivity index (χ1) is 12.5. The zero-order valence-electron chi connectivity index (χ0n) is 14.8. The van der Waals surface area contributed by atoms with Crippen molar-refractivity contribution in [2.24, 2.45) is 5.10 Å². The van der Waals surface area contributed by atoms with Crippen LogP contribution in [0.4, 0.5) is 5.69 Å². The Morgan fingerprint density at radius 2 is 1.69 bits per heavy atom. The van der Waals surface area contributed by atoms with E-state index in [9.17, 15) is 9.59 Å². The van der Waals surface area contributed by atoms with Crippen molar-refractivity contribution in [3.63, 3.8) is 0 Å². The highest BCUT2D eigenvalue weighted by molar-refractivity contribution is 6.33. The van der Waals surface area contributed by atoms with E-state index in [1.807, 2.05) is 24.3 Å². The average Bonchev–Trinajstić information content (AvgIpc) is 2.62. The second-order valence-corrected chi connectivity index (χ2v) is 6.55. The van der Waals surface area contributed by atoms with Gasteiger partial charge in [0, 0.05) is 12.8 Å². The van der Waals surface area contributed by atoms with E-state index in [1.54, 1.807) is 30.5 Å². The summed E-state index contributed by atoms with van der Waals surface area (Å²) in [4.78, 5) is 23.6. The van der Waals surface area contributed by atoms with Gasteiger partial charge in [-0.2, -0.15) is 5.10 Å². The van der Waals surface area contributed by atoms with Crippen LogP contribution >= 0.6 is 11.6 Å². The maximum Gasteiger partial charge on any atom is 0.240 e. The van der Waals surface area contributed by atoms with Gasteiger partial charge in [0.1, 0.15) is 0 Å². The summed E-state index contributed by atoms with van der Waals surface area (Å²) in [5, 5.41) is 7.04. The highest BCUT2D eigenvalue weighted by Gasteiger charge is 2.08. The summed E-state index contributed by atoms with van der Waals surface area (Å²) in [5.41, 5.74) is 5.09. The molecular weight excluding hydrogens is 350 g/mol. The number of carbonyl (C=O) groups excluding carboxylic acids is 2. The van der Waals surface area contributed by atoms with E-state index in [4.69, 9.17) is 11.6 Å². The minimum Gasteiger partial charge on any atom is -0.325 e. The molecule has 2 rings (SSSR count). The predicted molar refractivity (Wildman–Crippen MR) is 106 cm³/mol. The first-order valence-corrected chi connectivity index (χ1v) is 8.79. The number of halogens is 1. The van der Waals surface area contributed by atoms with Gasteiger partial charge < -0.3 is 5.32 Å². The molecule has 2 aromatic carbocycles. The topological polar surface area (TPSA) is 70.6 Å². The second-order valence-electron chi connectivity index (χ2n) is 6.14. The van der Waals surface area contributed by atoms with Crippen molar-refractivity contribution in [1.29, 1.82) is 0 Å². The van der Waals surface area contributed by atoms with Crippen LogP contribution in [0.3, 0.4) is 0 Å². The van der Waals surface area contributed by atoms with Gasteiger partial charge in [-0.25, -0.2) is 5.43 Å². The van der Waals surface area contributed by atoms with E-state index < -0.39 is 0 Å². The first-order valence-electron chi connectivity index (χ1n) is 8.42. The molecule has 0 bridgehead atoms. The second kappa shape index (κ2) is 9.73. The Balaban J connectivity index is 1.74. The maximum absolute atomic E-state index is 11.9. The molecule has 6 heteroatoms. The number of carbonyl (C=O) groups is 2. The van der Waals surface area contributed by atoms with Crippen LogP contribution in [0.2, 0.25) is 5.02 Å². The Kier molecular flexibility index (Phi) is 7.36. The molecule has 2 N–H and O–H groups in total. The van der Waals surface area contributed by atoms with Crippen molar-refractivity contribution in [3.05, 3.63) is 64.7 Å². The van der Waals surface area contributed by atoms with E-state index in [0.717, 1.165) is 5.56 Å². The van der Waals surface area contributed by atoms with Gasteiger partial charge in [0.2, 0.25) is 11.8 Å². The third-order valence-corrected chi connectivity index (χ3v) is 4.06. The standard InChI is InChI=1S/C20H22ClN3O2/c1-14(2)16-9-7-15(8-10-16)13-22-24-20(26)12-11-19(25)23-18-6-4-3-5-17(18)21/h3-10,13-14H,11-12H2,1-2H3,(H,23,25)(H,24,26)/b22-13+. The van der Waals surface area contributed by atoms with Crippen LogP contribution in [-0.4, -0.2) is 18.0 Å². The summed E-state index contributed by atoms with van der Waals surface area (Å²) in [7, 11) is 0. The normalized spacial score (nSPS) is 10.9. The summed E-state index contributed by atoms with van der Waals surface area (Å²) in [6, 6.07) is 14.9. The zero-order chi connectivity index (χ0) is 18.9. The average molecular weight is 372 g/mol. The van der Waals surface area contributed by atoms with Gasteiger partial charge in [0.25, 0.3) is 0 Å². The molecule has 0 aliphatic carbocycles. The van der Waals surface area contributed by atoms with Crippen molar-refractivity contribution in [1.82, 2.24) is 5.43 Å².